The third-order valence-electron chi connectivity index (χ3n) is 5.73. The first-order valence-electron chi connectivity index (χ1n) is 10.1. The number of hydrogen-bond donors (Lipinski definition) is 1. The zero-order chi connectivity index (χ0) is 20.4. The van der Waals surface area contributed by atoms with Gasteiger partial charge in [0.15, 0.2) is 0 Å². The molecule has 6 nitrogen and oxygen atoms in total. The molecule has 1 aliphatic carbocycles. The summed E-state index contributed by atoms with van der Waals surface area (Å²) in [6.45, 7) is 3.72. The van der Waals surface area contributed by atoms with Crippen LogP contribution in [0.5, 0.6) is 0 Å². The van der Waals surface area contributed by atoms with Crippen molar-refractivity contribution in [3.05, 3.63) is 53.6 Å². The molecule has 150 valence electrons. The highest BCUT2D eigenvalue weighted by molar-refractivity contribution is 5.94. The van der Waals surface area contributed by atoms with Crippen LogP contribution in [0.15, 0.2) is 42.5 Å². The molecule has 2 aromatic rings. The third-order valence-corrected chi connectivity index (χ3v) is 5.73. The average molecular weight is 391 g/mol. The summed E-state index contributed by atoms with van der Waals surface area (Å²) in [6.07, 6.45) is 1.25. The van der Waals surface area contributed by atoms with E-state index >= 15 is 0 Å². The minimum atomic E-state index is -0.160. The van der Waals surface area contributed by atoms with Gasteiger partial charge in [-0.05, 0) is 40.8 Å². The number of hydrogen-bond acceptors (Lipinski definition) is 3. The standard InChI is InChI=1S/C23H25N3O3/c1-16(27)25-10-12-26(13-11-25)23(29)9-8-22(28)24-19-7-6-18-14-17-4-2-3-5-20(17)21(18)15-19/h2-7,15H,8-14H2,1H3,(H,24,28). The topological polar surface area (TPSA) is 69.7 Å². The molecule has 29 heavy (non-hydrogen) atoms. The Bertz CT molecular complexity index is 962. The van der Waals surface area contributed by atoms with Gasteiger partial charge in [0.25, 0.3) is 0 Å². The molecule has 6 heteroatoms. The smallest absolute Gasteiger partial charge is 0.224 e. The van der Waals surface area contributed by atoms with Crippen molar-refractivity contribution >= 4 is 23.4 Å². The number of amides is 3. The Morgan fingerprint density at radius 1 is 0.862 bits per heavy atom. The van der Waals surface area contributed by atoms with Crippen LogP contribution < -0.4 is 5.32 Å². The molecule has 0 bridgehead atoms. The van der Waals surface area contributed by atoms with E-state index in [0.717, 1.165) is 17.7 Å². The molecule has 0 unspecified atom stereocenters. The summed E-state index contributed by atoms with van der Waals surface area (Å²) < 4.78 is 0. The number of rotatable bonds is 4. The molecule has 0 spiro atoms. The molecule has 1 aliphatic heterocycles. The Morgan fingerprint density at radius 2 is 1.55 bits per heavy atom. The van der Waals surface area contributed by atoms with Crippen molar-refractivity contribution in [1.82, 2.24) is 9.80 Å². The van der Waals surface area contributed by atoms with Gasteiger partial charge in [-0.15, -0.1) is 0 Å². The van der Waals surface area contributed by atoms with Crippen LogP contribution in [0.1, 0.15) is 30.9 Å². The number of anilines is 1. The van der Waals surface area contributed by atoms with Crippen LogP contribution in [0.4, 0.5) is 5.69 Å². The van der Waals surface area contributed by atoms with E-state index in [9.17, 15) is 14.4 Å². The van der Waals surface area contributed by atoms with Crippen molar-refractivity contribution < 1.29 is 14.4 Å². The number of carbonyl (C=O) groups excluding carboxylic acids is 3. The lowest BCUT2D eigenvalue weighted by molar-refractivity contribution is -0.138. The molecule has 1 saturated heterocycles. The summed E-state index contributed by atoms with van der Waals surface area (Å²) in [4.78, 5) is 39.6. The minimum absolute atomic E-state index is 0.0356. The molecule has 0 aromatic heterocycles. The van der Waals surface area contributed by atoms with E-state index in [1.54, 1.807) is 16.7 Å². The highest BCUT2D eigenvalue weighted by Gasteiger charge is 2.23. The minimum Gasteiger partial charge on any atom is -0.339 e. The Hall–Kier alpha value is -3.15. The quantitative estimate of drug-likeness (QED) is 0.743. The lowest BCUT2D eigenvalue weighted by Gasteiger charge is -2.34. The normalized spacial score (nSPS) is 14.9. The summed E-state index contributed by atoms with van der Waals surface area (Å²) in [5.74, 6) is -0.161. The molecular weight excluding hydrogens is 366 g/mol. The summed E-state index contributed by atoms with van der Waals surface area (Å²) in [5, 5.41) is 2.92. The maximum Gasteiger partial charge on any atom is 0.224 e. The van der Waals surface area contributed by atoms with Crippen LogP contribution in [0, 0.1) is 0 Å². The summed E-state index contributed by atoms with van der Waals surface area (Å²) in [6, 6.07) is 14.3. The number of carbonyl (C=O) groups is 3. The fourth-order valence-electron chi connectivity index (χ4n) is 4.07. The Balaban J connectivity index is 1.30. The van der Waals surface area contributed by atoms with Gasteiger partial charge in [-0.1, -0.05) is 30.3 Å². The Labute approximate surface area is 170 Å². The van der Waals surface area contributed by atoms with Crippen molar-refractivity contribution in [2.75, 3.05) is 31.5 Å². The molecule has 2 aromatic carbocycles. The molecule has 0 saturated carbocycles. The van der Waals surface area contributed by atoms with E-state index in [-0.39, 0.29) is 30.6 Å². The number of piperazine rings is 1. The van der Waals surface area contributed by atoms with E-state index in [2.05, 4.69) is 23.5 Å². The van der Waals surface area contributed by atoms with E-state index in [0.29, 0.717) is 26.2 Å². The fourth-order valence-corrected chi connectivity index (χ4v) is 4.07. The average Bonchev–Trinajstić information content (AvgIpc) is 3.10. The molecule has 1 heterocycles. The van der Waals surface area contributed by atoms with Crippen LogP contribution in [-0.2, 0) is 20.8 Å². The monoisotopic (exact) mass is 391 g/mol. The third kappa shape index (κ3) is 4.16. The molecular formula is C23H25N3O3. The maximum absolute atomic E-state index is 12.4. The largest absolute Gasteiger partial charge is 0.339 e. The maximum atomic E-state index is 12.4. The zero-order valence-electron chi connectivity index (χ0n) is 16.6. The lowest BCUT2D eigenvalue weighted by Crippen LogP contribution is -2.50. The molecule has 1 N–H and O–H groups in total. The van der Waals surface area contributed by atoms with Crippen molar-refractivity contribution in [1.29, 1.82) is 0 Å². The first-order chi connectivity index (χ1) is 14.0. The number of nitrogens with zero attached hydrogens (tertiary/aromatic N) is 2. The molecule has 4 rings (SSSR count). The number of nitrogens with one attached hydrogen (secondary N) is 1. The van der Waals surface area contributed by atoms with E-state index in [1.165, 1.54) is 16.7 Å². The lowest BCUT2D eigenvalue weighted by atomic mass is 10.1. The van der Waals surface area contributed by atoms with Crippen LogP contribution in [0.3, 0.4) is 0 Å². The van der Waals surface area contributed by atoms with Crippen molar-refractivity contribution in [3.63, 3.8) is 0 Å². The SMILES string of the molecule is CC(=O)N1CCN(C(=O)CCC(=O)Nc2ccc3c(c2)-c2ccccc2C3)CC1. The first-order valence-corrected chi connectivity index (χ1v) is 10.1. The van der Waals surface area contributed by atoms with Gasteiger partial charge in [-0.3, -0.25) is 14.4 Å². The van der Waals surface area contributed by atoms with Crippen molar-refractivity contribution in [2.45, 2.75) is 26.2 Å². The fraction of sp³-hybridized carbons (Fsp3) is 0.348. The predicted molar refractivity (Wildman–Crippen MR) is 111 cm³/mol. The molecule has 1 fully saturated rings. The number of fused-ring (bicyclic) bond motifs is 3. The zero-order valence-corrected chi connectivity index (χ0v) is 16.6. The van der Waals surface area contributed by atoms with Gasteiger partial charge in [0, 0.05) is 51.6 Å². The van der Waals surface area contributed by atoms with E-state index in [1.807, 2.05) is 24.3 Å². The van der Waals surface area contributed by atoms with Crippen molar-refractivity contribution in [3.8, 4) is 11.1 Å². The summed E-state index contributed by atoms with van der Waals surface area (Å²) >= 11 is 0. The van der Waals surface area contributed by atoms with Gasteiger partial charge in [-0.2, -0.15) is 0 Å². The molecule has 3 amide bonds. The second-order valence-corrected chi connectivity index (χ2v) is 7.64. The molecule has 2 aliphatic rings. The van der Waals surface area contributed by atoms with Gasteiger partial charge < -0.3 is 15.1 Å². The van der Waals surface area contributed by atoms with Crippen LogP contribution in [-0.4, -0.2) is 53.7 Å². The first kappa shape index (κ1) is 19.2. The summed E-state index contributed by atoms with van der Waals surface area (Å²) in [7, 11) is 0. The Kier molecular flexibility index (Phi) is 5.34. The molecule has 0 atom stereocenters. The van der Waals surface area contributed by atoms with Crippen LogP contribution in [0.25, 0.3) is 11.1 Å². The van der Waals surface area contributed by atoms with Crippen LogP contribution >= 0.6 is 0 Å². The van der Waals surface area contributed by atoms with Gasteiger partial charge >= 0.3 is 0 Å². The van der Waals surface area contributed by atoms with Gasteiger partial charge in [0.2, 0.25) is 17.7 Å². The van der Waals surface area contributed by atoms with Crippen LogP contribution in [0.2, 0.25) is 0 Å². The van der Waals surface area contributed by atoms with Gasteiger partial charge in [-0.25, -0.2) is 0 Å². The highest BCUT2D eigenvalue weighted by atomic mass is 16.2. The number of benzene rings is 2. The Morgan fingerprint density at radius 3 is 2.31 bits per heavy atom. The van der Waals surface area contributed by atoms with E-state index in [4.69, 9.17) is 0 Å². The highest BCUT2D eigenvalue weighted by Crippen LogP contribution is 2.37. The van der Waals surface area contributed by atoms with E-state index < -0.39 is 0 Å². The predicted octanol–water partition coefficient (Wildman–Crippen LogP) is 2.67. The molecule has 0 radical (unpaired) electrons. The van der Waals surface area contributed by atoms with Crippen molar-refractivity contribution in [2.24, 2.45) is 0 Å². The van der Waals surface area contributed by atoms with Gasteiger partial charge in [0.1, 0.15) is 0 Å². The summed E-state index contributed by atoms with van der Waals surface area (Å²) in [5.41, 5.74) is 5.72. The second-order valence-electron chi connectivity index (χ2n) is 7.64. The second kappa shape index (κ2) is 8.07. The van der Waals surface area contributed by atoms with Gasteiger partial charge in [0.05, 0.1) is 0 Å².